The number of aryl methyl sites for hydroxylation is 1. The van der Waals surface area contributed by atoms with Gasteiger partial charge >= 0.3 is 0 Å². The maximum atomic E-state index is 11.2. The lowest BCUT2D eigenvalue weighted by Gasteiger charge is -2.46. The van der Waals surface area contributed by atoms with E-state index in [2.05, 4.69) is 36.1 Å². The SMILES string of the molecule is CCc1cccc(C(O)C2(N3CCOCC3)CCCC2)c1. The quantitative estimate of drug-likeness (QED) is 0.925. The van der Waals surface area contributed by atoms with Gasteiger partial charge in [-0.25, -0.2) is 0 Å². The zero-order valence-corrected chi connectivity index (χ0v) is 13.1. The normalized spacial score (nSPS) is 24.1. The van der Waals surface area contributed by atoms with Crippen LogP contribution in [0.1, 0.15) is 49.8 Å². The maximum Gasteiger partial charge on any atom is 0.0973 e. The van der Waals surface area contributed by atoms with Gasteiger partial charge in [-0.3, -0.25) is 4.90 Å². The van der Waals surface area contributed by atoms with Crippen molar-refractivity contribution in [3.8, 4) is 0 Å². The third-order valence-electron chi connectivity index (χ3n) is 5.29. The van der Waals surface area contributed by atoms with E-state index in [1.807, 2.05) is 0 Å². The second-order valence-corrected chi connectivity index (χ2v) is 6.41. The molecule has 1 aromatic carbocycles. The molecule has 1 unspecified atom stereocenters. The summed E-state index contributed by atoms with van der Waals surface area (Å²) in [5, 5.41) is 11.2. The van der Waals surface area contributed by atoms with Gasteiger partial charge in [0.15, 0.2) is 0 Å². The Morgan fingerprint density at radius 3 is 2.62 bits per heavy atom. The van der Waals surface area contributed by atoms with Gasteiger partial charge in [0.2, 0.25) is 0 Å². The van der Waals surface area contributed by atoms with Crippen molar-refractivity contribution >= 4 is 0 Å². The van der Waals surface area contributed by atoms with E-state index in [0.717, 1.165) is 51.1 Å². The van der Waals surface area contributed by atoms with Crippen LogP contribution in [-0.2, 0) is 11.2 Å². The number of ether oxygens (including phenoxy) is 1. The van der Waals surface area contributed by atoms with Gasteiger partial charge in [-0.05, 0) is 30.4 Å². The molecule has 0 aromatic heterocycles. The molecule has 1 saturated carbocycles. The highest BCUT2D eigenvalue weighted by atomic mass is 16.5. The summed E-state index contributed by atoms with van der Waals surface area (Å²) in [5.41, 5.74) is 2.32. The molecule has 3 rings (SSSR count). The Kier molecular flexibility index (Phi) is 4.63. The molecule has 1 N–H and O–H groups in total. The van der Waals surface area contributed by atoms with Gasteiger partial charge in [0, 0.05) is 13.1 Å². The van der Waals surface area contributed by atoms with Crippen molar-refractivity contribution in [1.29, 1.82) is 0 Å². The summed E-state index contributed by atoms with van der Waals surface area (Å²) in [6, 6.07) is 8.50. The summed E-state index contributed by atoms with van der Waals surface area (Å²) < 4.78 is 5.50. The van der Waals surface area contributed by atoms with Crippen molar-refractivity contribution in [2.75, 3.05) is 26.3 Å². The van der Waals surface area contributed by atoms with Crippen molar-refractivity contribution in [3.05, 3.63) is 35.4 Å². The lowest BCUT2D eigenvalue weighted by molar-refractivity contribution is -0.0774. The molecule has 21 heavy (non-hydrogen) atoms. The fraction of sp³-hybridized carbons (Fsp3) is 0.667. The first-order valence-corrected chi connectivity index (χ1v) is 8.36. The van der Waals surface area contributed by atoms with Crippen LogP contribution in [0.15, 0.2) is 24.3 Å². The van der Waals surface area contributed by atoms with E-state index < -0.39 is 0 Å². The molecule has 116 valence electrons. The van der Waals surface area contributed by atoms with Gasteiger partial charge in [-0.1, -0.05) is 44.0 Å². The smallest absolute Gasteiger partial charge is 0.0973 e. The molecule has 0 spiro atoms. The highest BCUT2D eigenvalue weighted by Gasteiger charge is 2.46. The molecule has 0 amide bonds. The van der Waals surface area contributed by atoms with Gasteiger partial charge in [-0.15, -0.1) is 0 Å². The Morgan fingerprint density at radius 2 is 1.95 bits per heavy atom. The Bertz CT molecular complexity index is 462. The van der Waals surface area contributed by atoms with Crippen molar-refractivity contribution < 1.29 is 9.84 Å². The van der Waals surface area contributed by atoms with E-state index in [0.29, 0.717) is 0 Å². The summed E-state index contributed by atoms with van der Waals surface area (Å²) >= 11 is 0. The zero-order chi connectivity index (χ0) is 14.7. The zero-order valence-electron chi connectivity index (χ0n) is 13.1. The fourth-order valence-corrected chi connectivity index (χ4v) is 4.05. The predicted octanol–water partition coefficient (Wildman–Crippen LogP) is 2.93. The van der Waals surface area contributed by atoms with Crippen LogP contribution in [0.5, 0.6) is 0 Å². The first-order valence-electron chi connectivity index (χ1n) is 8.36. The Balaban J connectivity index is 1.88. The number of nitrogens with zero attached hydrogens (tertiary/aromatic N) is 1. The van der Waals surface area contributed by atoms with Crippen LogP contribution in [0.3, 0.4) is 0 Å². The minimum absolute atomic E-state index is 0.0733. The Morgan fingerprint density at radius 1 is 1.24 bits per heavy atom. The number of aliphatic hydroxyl groups excluding tert-OH is 1. The monoisotopic (exact) mass is 289 g/mol. The van der Waals surface area contributed by atoms with E-state index in [1.165, 1.54) is 18.4 Å². The molecule has 2 aliphatic rings. The van der Waals surface area contributed by atoms with E-state index >= 15 is 0 Å². The molecule has 3 heteroatoms. The van der Waals surface area contributed by atoms with Crippen LogP contribution >= 0.6 is 0 Å². The van der Waals surface area contributed by atoms with Crippen LogP contribution in [0.2, 0.25) is 0 Å². The topological polar surface area (TPSA) is 32.7 Å². The fourth-order valence-electron chi connectivity index (χ4n) is 4.05. The van der Waals surface area contributed by atoms with Crippen molar-refractivity contribution in [3.63, 3.8) is 0 Å². The molecule has 0 radical (unpaired) electrons. The average Bonchev–Trinajstić information content (AvgIpc) is 3.06. The number of hydrogen-bond donors (Lipinski definition) is 1. The van der Waals surface area contributed by atoms with Crippen molar-refractivity contribution in [1.82, 2.24) is 4.90 Å². The summed E-state index contributed by atoms with van der Waals surface area (Å²) in [5.74, 6) is 0. The van der Waals surface area contributed by atoms with E-state index in [1.54, 1.807) is 0 Å². The van der Waals surface area contributed by atoms with E-state index in [-0.39, 0.29) is 11.6 Å². The van der Waals surface area contributed by atoms with E-state index in [4.69, 9.17) is 4.74 Å². The lowest BCUT2D eigenvalue weighted by Crippen LogP contribution is -2.55. The average molecular weight is 289 g/mol. The van der Waals surface area contributed by atoms with Crippen LogP contribution < -0.4 is 0 Å². The molecule has 1 aliphatic carbocycles. The summed E-state index contributed by atoms with van der Waals surface area (Å²) in [6.45, 7) is 5.65. The van der Waals surface area contributed by atoms with Crippen LogP contribution in [0.4, 0.5) is 0 Å². The molecule has 0 bridgehead atoms. The summed E-state index contributed by atoms with van der Waals surface area (Å²) in [7, 11) is 0. The highest BCUT2D eigenvalue weighted by molar-refractivity contribution is 5.28. The van der Waals surface area contributed by atoms with Gasteiger partial charge in [0.1, 0.15) is 0 Å². The summed E-state index contributed by atoms with van der Waals surface area (Å²) in [4.78, 5) is 2.49. The molecule has 1 saturated heterocycles. The largest absolute Gasteiger partial charge is 0.386 e. The molecule has 2 fully saturated rings. The first-order chi connectivity index (χ1) is 10.3. The Hall–Kier alpha value is -0.900. The molecular weight excluding hydrogens is 262 g/mol. The maximum absolute atomic E-state index is 11.2. The highest BCUT2D eigenvalue weighted by Crippen LogP contribution is 2.44. The van der Waals surface area contributed by atoms with Gasteiger partial charge in [-0.2, -0.15) is 0 Å². The van der Waals surface area contributed by atoms with E-state index in [9.17, 15) is 5.11 Å². The van der Waals surface area contributed by atoms with Crippen LogP contribution in [0, 0.1) is 0 Å². The third-order valence-corrected chi connectivity index (χ3v) is 5.29. The minimum Gasteiger partial charge on any atom is -0.386 e. The standard InChI is InChI=1S/C18H27NO2/c1-2-15-6-5-7-16(14-15)17(20)18(8-3-4-9-18)19-10-12-21-13-11-19/h5-7,14,17,20H,2-4,8-13H2,1H3. The number of aliphatic hydroxyl groups is 1. The number of morpholine rings is 1. The lowest BCUT2D eigenvalue weighted by atomic mass is 9.83. The number of hydrogen-bond acceptors (Lipinski definition) is 3. The minimum atomic E-state index is -0.385. The molecule has 3 nitrogen and oxygen atoms in total. The van der Waals surface area contributed by atoms with Gasteiger partial charge < -0.3 is 9.84 Å². The number of benzene rings is 1. The van der Waals surface area contributed by atoms with Crippen molar-refractivity contribution in [2.45, 2.75) is 50.7 Å². The van der Waals surface area contributed by atoms with Gasteiger partial charge in [0.05, 0.1) is 24.9 Å². The van der Waals surface area contributed by atoms with Crippen molar-refractivity contribution in [2.24, 2.45) is 0 Å². The molecule has 1 atom stereocenters. The van der Waals surface area contributed by atoms with Crippen LogP contribution in [-0.4, -0.2) is 41.8 Å². The molecule has 1 heterocycles. The Labute approximate surface area is 127 Å². The van der Waals surface area contributed by atoms with Crippen LogP contribution in [0.25, 0.3) is 0 Å². The molecular formula is C18H27NO2. The second kappa shape index (κ2) is 6.47. The summed E-state index contributed by atoms with van der Waals surface area (Å²) in [6.07, 6.45) is 5.29. The molecule has 1 aromatic rings. The second-order valence-electron chi connectivity index (χ2n) is 6.41. The molecule has 1 aliphatic heterocycles. The third kappa shape index (κ3) is 2.87. The first kappa shape index (κ1) is 15.0. The predicted molar refractivity (Wildman–Crippen MR) is 84.4 cm³/mol. The van der Waals surface area contributed by atoms with Gasteiger partial charge in [0.25, 0.3) is 0 Å². The number of rotatable bonds is 4.